The average molecular weight is 207 g/mol. The molecule has 5 N–H and O–H groups in total. The fraction of sp³-hybridized carbons (Fsp3) is 0.364. The standard InChI is InChI=1S/C11H17N3O/c1-7(2)6-14-11(15)9-4-3-8(12)5-10(9)13/h3-5,7H,6,12-13H2,1-2H3,(H,14,15). The summed E-state index contributed by atoms with van der Waals surface area (Å²) in [4.78, 5) is 11.6. The van der Waals surface area contributed by atoms with Crippen molar-refractivity contribution in [2.45, 2.75) is 13.8 Å². The Kier molecular flexibility index (Phi) is 3.55. The van der Waals surface area contributed by atoms with Crippen LogP contribution in [0.2, 0.25) is 0 Å². The number of nitrogen functional groups attached to an aromatic ring is 2. The highest BCUT2D eigenvalue weighted by atomic mass is 16.1. The lowest BCUT2D eigenvalue weighted by Gasteiger charge is -2.09. The second-order valence-corrected chi connectivity index (χ2v) is 3.95. The van der Waals surface area contributed by atoms with E-state index in [0.717, 1.165) is 0 Å². The van der Waals surface area contributed by atoms with E-state index in [2.05, 4.69) is 5.32 Å². The van der Waals surface area contributed by atoms with Gasteiger partial charge < -0.3 is 16.8 Å². The van der Waals surface area contributed by atoms with E-state index in [-0.39, 0.29) is 5.91 Å². The third-order valence-corrected chi connectivity index (χ3v) is 1.99. The summed E-state index contributed by atoms with van der Waals surface area (Å²) < 4.78 is 0. The average Bonchev–Trinajstić information content (AvgIpc) is 2.14. The van der Waals surface area contributed by atoms with Gasteiger partial charge in [0.05, 0.1) is 5.56 Å². The summed E-state index contributed by atoms with van der Waals surface area (Å²) in [7, 11) is 0. The molecular formula is C11H17N3O. The van der Waals surface area contributed by atoms with Crippen molar-refractivity contribution in [3.8, 4) is 0 Å². The Morgan fingerprint density at radius 3 is 2.60 bits per heavy atom. The zero-order valence-corrected chi connectivity index (χ0v) is 9.08. The Morgan fingerprint density at radius 1 is 1.40 bits per heavy atom. The topological polar surface area (TPSA) is 81.1 Å². The number of carbonyl (C=O) groups is 1. The minimum atomic E-state index is -0.152. The highest BCUT2D eigenvalue weighted by molar-refractivity contribution is 5.99. The first-order chi connectivity index (χ1) is 7.00. The molecule has 0 heterocycles. The van der Waals surface area contributed by atoms with Gasteiger partial charge in [0.25, 0.3) is 5.91 Å². The lowest BCUT2D eigenvalue weighted by molar-refractivity contribution is 0.0950. The number of benzene rings is 1. The molecule has 0 spiro atoms. The van der Waals surface area contributed by atoms with Crippen LogP contribution in [0.3, 0.4) is 0 Å². The molecule has 0 aliphatic carbocycles. The molecule has 0 saturated heterocycles. The maximum atomic E-state index is 11.6. The summed E-state index contributed by atoms with van der Waals surface area (Å²) in [5.74, 6) is 0.269. The van der Waals surface area contributed by atoms with Gasteiger partial charge in [-0.05, 0) is 24.1 Å². The molecule has 0 saturated carbocycles. The molecule has 0 aromatic heterocycles. The van der Waals surface area contributed by atoms with Crippen LogP contribution in [0, 0.1) is 5.92 Å². The first-order valence-corrected chi connectivity index (χ1v) is 4.94. The molecule has 0 radical (unpaired) electrons. The molecular weight excluding hydrogens is 190 g/mol. The SMILES string of the molecule is CC(C)CNC(=O)c1ccc(N)cc1N. The smallest absolute Gasteiger partial charge is 0.253 e. The molecule has 0 unspecified atom stereocenters. The Bertz CT molecular complexity index is 361. The molecule has 1 amide bonds. The van der Waals surface area contributed by atoms with Crippen molar-refractivity contribution in [3.63, 3.8) is 0 Å². The van der Waals surface area contributed by atoms with E-state index < -0.39 is 0 Å². The van der Waals surface area contributed by atoms with Gasteiger partial charge in [-0.2, -0.15) is 0 Å². The molecule has 1 aromatic rings. The molecule has 4 nitrogen and oxygen atoms in total. The number of nitrogens with two attached hydrogens (primary N) is 2. The quantitative estimate of drug-likeness (QED) is 0.652. The monoisotopic (exact) mass is 207 g/mol. The molecule has 0 bridgehead atoms. The predicted molar refractivity (Wildman–Crippen MR) is 62.4 cm³/mol. The summed E-state index contributed by atoms with van der Waals surface area (Å²) in [5, 5.41) is 2.80. The Labute approximate surface area is 89.6 Å². The number of nitrogens with one attached hydrogen (secondary N) is 1. The molecule has 0 aliphatic rings. The number of anilines is 2. The van der Waals surface area contributed by atoms with Crippen LogP contribution in [0.15, 0.2) is 18.2 Å². The molecule has 1 aromatic carbocycles. The van der Waals surface area contributed by atoms with E-state index in [4.69, 9.17) is 11.5 Å². The second kappa shape index (κ2) is 4.68. The van der Waals surface area contributed by atoms with Crippen LogP contribution in [0.1, 0.15) is 24.2 Å². The number of hydrogen-bond donors (Lipinski definition) is 3. The van der Waals surface area contributed by atoms with Gasteiger partial charge in [0.1, 0.15) is 0 Å². The van der Waals surface area contributed by atoms with Crippen molar-refractivity contribution in [3.05, 3.63) is 23.8 Å². The first-order valence-electron chi connectivity index (χ1n) is 4.94. The van der Waals surface area contributed by atoms with E-state index >= 15 is 0 Å². The molecule has 0 fully saturated rings. The van der Waals surface area contributed by atoms with Crippen LogP contribution in [-0.4, -0.2) is 12.5 Å². The van der Waals surface area contributed by atoms with Crippen molar-refractivity contribution in [2.75, 3.05) is 18.0 Å². The summed E-state index contributed by atoms with van der Waals surface area (Å²) >= 11 is 0. The zero-order chi connectivity index (χ0) is 11.4. The van der Waals surface area contributed by atoms with Gasteiger partial charge in [-0.1, -0.05) is 13.8 Å². The van der Waals surface area contributed by atoms with Gasteiger partial charge in [0.2, 0.25) is 0 Å². The summed E-state index contributed by atoms with van der Waals surface area (Å²) in [6, 6.07) is 4.89. The maximum absolute atomic E-state index is 11.6. The van der Waals surface area contributed by atoms with E-state index in [1.165, 1.54) is 0 Å². The number of carbonyl (C=O) groups excluding carboxylic acids is 1. The van der Waals surface area contributed by atoms with Crippen molar-refractivity contribution >= 4 is 17.3 Å². The fourth-order valence-electron chi connectivity index (χ4n) is 1.18. The van der Waals surface area contributed by atoms with E-state index in [0.29, 0.717) is 29.4 Å². The maximum Gasteiger partial charge on any atom is 0.253 e. The van der Waals surface area contributed by atoms with Crippen molar-refractivity contribution in [1.82, 2.24) is 5.32 Å². The normalized spacial score (nSPS) is 10.3. The van der Waals surface area contributed by atoms with Crippen LogP contribution >= 0.6 is 0 Å². The fourth-order valence-corrected chi connectivity index (χ4v) is 1.18. The first kappa shape index (κ1) is 11.4. The minimum Gasteiger partial charge on any atom is -0.399 e. The predicted octanol–water partition coefficient (Wildman–Crippen LogP) is 1.24. The summed E-state index contributed by atoms with van der Waals surface area (Å²) in [5.41, 5.74) is 12.7. The van der Waals surface area contributed by atoms with Gasteiger partial charge in [-0.3, -0.25) is 4.79 Å². The van der Waals surface area contributed by atoms with Gasteiger partial charge in [0.15, 0.2) is 0 Å². The summed E-state index contributed by atoms with van der Waals surface area (Å²) in [6.45, 7) is 4.71. The van der Waals surface area contributed by atoms with Gasteiger partial charge in [0, 0.05) is 17.9 Å². The Hall–Kier alpha value is -1.71. The lowest BCUT2D eigenvalue weighted by Crippen LogP contribution is -2.28. The third kappa shape index (κ3) is 3.16. The van der Waals surface area contributed by atoms with Crippen LogP contribution in [-0.2, 0) is 0 Å². The van der Waals surface area contributed by atoms with Crippen LogP contribution < -0.4 is 16.8 Å². The number of amides is 1. The zero-order valence-electron chi connectivity index (χ0n) is 9.08. The molecule has 4 heteroatoms. The van der Waals surface area contributed by atoms with Crippen LogP contribution in [0.5, 0.6) is 0 Å². The number of rotatable bonds is 3. The van der Waals surface area contributed by atoms with Crippen LogP contribution in [0.4, 0.5) is 11.4 Å². The lowest BCUT2D eigenvalue weighted by atomic mass is 10.1. The van der Waals surface area contributed by atoms with Crippen molar-refractivity contribution in [2.24, 2.45) is 5.92 Å². The molecule has 82 valence electrons. The summed E-state index contributed by atoms with van der Waals surface area (Å²) in [6.07, 6.45) is 0. The van der Waals surface area contributed by atoms with Gasteiger partial charge in [-0.25, -0.2) is 0 Å². The molecule has 0 atom stereocenters. The van der Waals surface area contributed by atoms with Gasteiger partial charge >= 0.3 is 0 Å². The van der Waals surface area contributed by atoms with Crippen molar-refractivity contribution in [1.29, 1.82) is 0 Å². The number of hydrogen-bond acceptors (Lipinski definition) is 3. The molecule has 1 rings (SSSR count). The largest absolute Gasteiger partial charge is 0.399 e. The molecule has 0 aliphatic heterocycles. The highest BCUT2D eigenvalue weighted by Crippen LogP contribution is 2.15. The van der Waals surface area contributed by atoms with Crippen molar-refractivity contribution < 1.29 is 4.79 Å². The Balaban J connectivity index is 2.74. The second-order valence-electron chi connectivity index (χ2n) is 3.95. The van der Waals surface area contributed by atoms with E-state index in [1.807, 2.05) is 13.8 Å². The van der Waals surface area contributed by atoms with E-state index in [9.17, 15) is 4.79 Å². The molecule has 15 heavy (non-hydrogen) atoms. The van der Waals surface area contributed by atoms with Gasteiger partial charge in [-0.15, -0.1) is 0 Å². The van der Waals surface area contributed by atoms with Crippen LogP contribution in [0.25, 0.3) is 0 Å². The minimum absolute atomic E-state index is 0.152. The highest BCUT2D eigenvalue weighted by Gasteiger charge is 2.09. The Morgan fingerprint density at radius 2 is 2.07 bits per heavy atom. The van der Waals surface area contributed by atoms with E-state index in [1.54, 1.807) is 18.2 Å². The third-order valence-electron chi connectivity index (χ3n) is 1.99.